The fraction of sp³-hybridized carbons (Fsp3) is 0.400. The van der Waals surface area contributed by atoms with E-state index in [0.29, 0.717) is 18.8 Å². The van der Waals surface area contributed by atoms with Gasteiger partial charge in [0.25, 0.3) is 5.69 Å². The Balaban J connectivity index is 2.38. The molecular weight excluding hydrogens is 260 g/mol. The van der Waals surface area contributed by atoms with Crippen molar-refractivity contribution in [2.45, 2.75) is 18.9 Å². The Morgan fingerprint density at radius 3 is 2.94 bits per heavy atom. The van der Waals surface area contributed by atoms with Crippen molar-refractivity contribution < 1.29 is 9.72 Å². The van der Waals surface area contributed by atoms with Gasteiger partial charge >= 0.3 is 0 Å². The quantitative estimate of drug-likeness (QED) is 0.503. The maximum atomic E-state index is 11.3. The summed E-state index contributed by atoms with van der Waals surface area (Å²) >= 11 is 5.74. The van der Waals surface area contributed by atoms with Crippen molar-refractivity contribution in [2.24, 2.45) is 5.73 Å². The zero-order valence-electron chi connectivity index (χ0n) is 9.38. The molecule has 1 aliphatic heterocycles. The maximum Gasteiger partial charge on any atom is 0.276 e. The number of aromatic nitrogens is 1. The van der Waals surface area contributed by atoms with Crippen molar-refractivity contribution in [3.8, 4) is 0 Å². The minimum absolute atomic E-state index is 0.0225. The van der Waals surface area contributed by atoms with Crippen LogP contribution < -0.4 is 10.6 Å². The van der Waals surface area contributed by atoms with Crippen molar-refractivity contribution in [3.05, 3.63) is 27.4 Å². The van der Waals surface area contributed by atoms with Crippen LogP contribution in [0.4, 0.5) is 11.5 Å². The van der Waals surface area contributed by atoms with E-state index in [9.17, 15) is 14.9 Å². The van der Waals surface area contributed by atoms with Gasteiger partial charge in [-0.2, -0.15) is 0 Å². The number of hydrogen-bond donors (Lipinski definition) is 1. The molecule has 0 aromatic carbocycles. The molecule has 1 aliphatic rings. The Kier molecular flexibility index (Phi) is 3.33. The first-order valence-electron chi connectivity index (χ1n) is 5.37. The average Bonchev–Trinajstić information content (AvgIpc) is 2.76. The van der Waals surface area contributed by atoms with Gasteiger partial charge in [0, 0.05) is 6.54 Å². The van der Waals surface area contributed by atoms with Crippen molar-refractivity contribution >= 4 is 29.0 Å². The Hall–Kier alpha value is -1.89. The van der Waals surface area contributed by atoms with Crippen LogP contribution in [-0.2, 0) is 4.79 Å². The van der Waals surface area contributed by atoms with Gasteiger partial charge in [-0.3, -0.25) is 14.9 Å². The second kappa shape index (κ2) is 4.77. The van der Waals surface area contributed by atoms with Crippen LogP contribution in [0.3, 0.4) is 0 Å². The predicted octanol–water partition coefficient (Wildman–Crippen LogP) is 1.10. The van der Waals surface area contributed by atoms with Crippen molar-refractivity contribution in [1.29, 1.82) is 0 Å². The number of carbonyl (C=O) groups is 1. The summed E-state index contributed by atoms with van der Waals surface area (Å²) in [4.78, 5) is 27.1. The van der Waals surface area contributed by atoms with Crippen LogP contribution in [0.25, 0.3) is 0 Å². The summed E-state index contributed by atoms with van der Waals surface area (Å²) in [5.41, 5.74) is 5.13. The van der Waals surface area contributed by atoms with Crippen molar-refractivity contribution in [3.63, 3.8) is 0 Å². The number of nitrogens with two attached hydrogens (primary N) is 1. The molecule has 1 amide bonds. The number of amides is 1. The monoisotopic (exact) mass is 270 g/mol. The Morgan fingerprint density at radius 1 is 1.61 bits per heavy atom. The van der Waals surface area contributed by atoms with Crippen LogP contribution in [0, 0.1) is 10.1 Å². The van der Waals surface area contributed by atoms with Crippen LogP contribution in [-0.4, -0.2) is 28.4 Å². The molecule has 7 nitrogen and oxygen atoms in total. The van der Waals surface area contributed by atoms with E-state index >= 15 is 0 Å². The average molecular weight is 271 g/mol. The second-order valence-corrected chi connectivity index (χ2v) is 4.40. The Morgan fingerprint density at radius 2 is 2.33 bits per heavy atom. The molecule has 1 atom stereocenters. The van der Waals surface area contributed by atoms with Gasteiger partial charge in [-0.25, -0.2) is 4.98 Å². The molecule has 1 saturated heterocycles. The van der Waals surface area contributed by atoms with Crippen molar-refractivity contribution in [2.75, 3.05) is 11.4 Å². The van der Waals surface area contributed by atoms with Gasteiger partial charge in [0.15, 0.2) is 0 Å². The van der Waals surface area contributed by atoms with E-state index in [1.54, 1.807) is 4.90 Å². The highest BCUT2D eigenvalue weighted by atomic mass is 35.5. The molecule has 2 heterocycles. The normalized spacial score (nSPS) is 18.9. The number of nitro groups is 1. The van der Waals surface area contributed by atoms with Gasteiger partial charge in [-0.15, -0.1) is 0 Å². The molecule has 96 valence electrons. The molecule has 1 unspecified atom stereocenters. The first-order valence-corrected chi connectivity index (χ1v) is 5.75. The molecule has 0 spiro atoms. The van der Waals surface area contributed by atoms with E-state index in [0.717, 1.165) is 6.42 Å². The van der Waals surface area contributed by atoms with Gasteiger partial charge in [0.1, 0.15) is 17.0 Å². The molecule has 2 N–H and O–H groups in total. The second-order valence-electron chi connectivity index (χ2n) is 4.02. The molecule has 1 fully saturated rings. The van der Waals surface area contributed by atoms with Gasteiger partial charge in [0.05, 0.1) is 17.1 Å². The molecule has 2 rings (SSSR count). The number of rotatable bonds is 3. The van der Waals surface area contributed by atoms with Gasteiger partial charge in [-0.1, -0.05) is 11.6 Å². The smallest absolute Gasteiger partial charge is 0.276 e. The fourth-order valence-electron chi connectivity index (χ4n) is 2.06. The number of halogens is 1. The molecule has 1 aromatic rings. The molecule has 1 aromatic heterocycles. The zero-order valence-corrected chi connectivity index (χ0v) is 10.1. The van der Waals surface area contributed by atoms with E-state index in [1.165, 1.54) is 12.1 Å². The van der Waals surface area contributed by atoms with Crippen LogP contribution in [0.15, 0.2) is 12.1 Å². The summed E-state index contributed by atoms with van der Waals surface area (Å²) in [5, 5.41) is 10.8. The molecule has 8 heteroatoms. The van der Waals surface area contributed by atoms with Gasteiger partial charge in [0.2, 0.25) is 5.91 Å². The predicted molar refractivity (Wildman–Crippen MR) is 65.5 cm³/mol. The lowest BCUT2D eigenvalue weighted by atomic mass is 10.2. The highest BCUT2D eigenvalue weighted by Crippen LogP contribution is 2.28. The molecule has 0 saturated carbocycles. The first kappa shape index (κ1) is 12.6. The molecule has 18 heavy (non-hydrogen) atoms. The van der Waals surface area contributed by atoms with E-state index < -0.39 is 16.9 Å². The number of anilines is 1. The highest BCUT2D eigenvalue weighted by Gasteiger charge is 2.31. The van der Waals surface area contributed by atoms with Gasteiger partial charge < -0.3 is 10.6 Å². The summed E-state index contributed by atoms with van der Waals surface area (Å²) in [7, 11) is 0. The van der Waals surface area contributed by atoms with Crippen LogP contribution in [0.5, 0.6) is 0 Å². The lowest BCUT2D eigenvalue weighted by molar-refractivity contribution is -0.384. The number of hydrogen-bond acceptors (Lipinski definition) is 5. The lowest BCUT2D eigenvalue weighted by Crippen LogP contribution is -2.40. The van der Waals surface area contributed by atoms with Crippen LogP contribution in [0.2, 0.25) is 5.15 Å². The van der Waals surface area contributed by atoms with Crippen LogP contribution >= 0.6 is 11.6 Å². The van der Waals surface area contributed by atoms with E-state index in [1.807, 2.05) is 0 Å². The number of primary amides is 1. The summed E-state index contributed by atoms with van der Waals surface area (Å²) in [5.74, 6) is -0.146. The van der Waals surface area contributed by atoms with Crippen LogP contribution in [0.1, 0.15) is 12.8 Å². The largest absolute Gasteiger partial charge is 0.368 e. The summed E-state index contributed by atoms with van der Waals surface area (Å²) in [6, 6.07) is 1.99. The third-order valence-corrected chi connectivity index (χ3v) is 3.05. The summed E-state index contributed by atoms with van der Waals surface area (Å²) in [6.45, 7) is 0.581. The molecule has 0 bridgehead atoms. The topological polar surface area (TPSA) is 102 Å². The zero-order chi connectivity index (χ0) is 13.3. The fourth-order valence-corrected chi connectivity index (χ4v) is 2.26. The third-order valence-electron chi connectivity index (χ3n) is 2.85. The van der Waals surface area contributed by atoms with E-state index in [4.69, 9.17) is 17.3 Å². The van der Waals surface area contributed by atoms with Crippen molar-refractivity contribution in [1.82, 2.24) is 4.98 Å². The first-order chi connectivity index (χ1) is 8.49. The molecule has 0 radical (unpaired) electrons. The summed E-state index contributed by atoms with van der Waals surface area (Å²) in [6.07, 6.45) is 1.41. The SMILES string of the molecule is NC(=O)C1CCCN1c1cc([N+](=O)[O-])cc(Cl)n1. The van der Waals surface area contributed by atoms with E-state index in [2.05, 4.69) is 4.98 Å². The minimum Gasteiger partial charge on any atom is -0.368 e. The Bertz CT molecular complexity index is 508. The highest BCUT2D eigenvalue weighted by molar-refractivity contribution is 6.29. The lowest BCUT2D eigenvalue weighted by Gasteiger charge is -2.22. The standard InChI is InChI=1S/C10H11ClN4O3/c11-8-4-6(15(17)18)5-9(13-8)14-3-1-2-7(14)10(12)16/h4-5,7H,1-3H2,(H2,12,16). The number of pyridine rings is 1. The summed E-state index contributed by atoms with van der Waals surface area (Å²) < 4.78 is 0. The molecular formula is C10H11ClN4O3. The maximum absolute atomic E-state index is 11.3. The third kappa shape index (κ3) is 2.35. The number of carbonyl (C=O) groups excluding carboxylic acids is 1. The van der Waals surface area contributed by atoms with E-state index in [-0.39, 0.29) is 10.8 Å². The molecule has 0 aliphatic carbocycles. The van der Waals surface area contributed by atoms with Gasteiger partial charge in [-0.05, 0) is 12.8 Å². The number of nitrogens with zero attached hydrogens (tertiary/aromatic N) is 3. The minimum atomic E-state index is -0.549. The Labute approximate surface area is 108 Å².